The number of aliphatic hydroxyl groups is 1. The van der Waals surface area contributed by atoms with Gasteiger partial charge in [-0.05, 0) is 113 Å². The predicted molar refractivity (Wildman–Crippen MR) is 327 cm³/mol. The second-order valence-corrected chi connectivity index (χ2v) is 24.5. The van der Waals surface area contributed by atoms with E-state index < -0.39 is 119 Å². The van der Waals surface area contributed by atoms with Gasteiger partial charge in [0.25, 0.3) is 5.91 Å². The molecule has 0 aliphatic carbocycles. The number of primary amides is 1. The first-order valence-electron chi connectivity index (χ1n) is 30.4. The van der Waals surface area contributed by atoms with E-state index in [0.717, 1.165) is 22.1 Å². The number of anilines is 1. The third-order valence-electron chi connectivity index (χ3n) is 17.3. The summed E-state index contributed by atoms with van der Waals surface area (Å²) in [5.74, 6) is -7.11. The number of nitrogens with two attached hydrogens (primary N) is 1. The van der Waals surface area contributed by atoms with Gasteiger partial charge in [0.1, 0.15) is 57.9 Å². The second kappa shape index (κ2) is 32.6. The number of nitrogens with one attached hydrogen (secondary N) is 2. The standard InChI is InChI=1S/C65H91ClFN5O16/c1-13-43(14-2)62(80)85-27-17-15-16-21-44(73)33-46(37(3)4)59(77)70-48(22-19-26-69-63(68)81)50(74)31-41-24-25-45(47(67)29-41)60(78)71(9)40(7)61(79)87-54-34-55(75)72(10)49-30-42(32-51(83-11)57(49)66)28-38(5)20-18-23-53(84-12)65(82)35-52(86-56(76)36-65)39(6)58-64(54,8)88-58/h18,20,23-25,29-30,32,37,39-40,43,46,48,52-54,58,82H,13-17,19,21-22,26-28,31,33-36H2,1-12H3,(H,70,77)(H3,68,69,81)/b23-18+,38-20+/t39-,40+,46+,48+,52+,53-,54+,58+,64+,65-/m1/s1. The van der Waals surface area contributed by atoms with Gasteiger partial charge in [-0.2, -0.15) is 0 Å². The van der Waals surface area contributed by atoms with Crippen molar-refractivity contribution < 1.29 is 81.1 Å². The van der Waals surface area contributed by atoms with Crippen LogP contribution in [0.3, 0.4) is 0 Å². The monoisotopic (exact) mass is 1250 g/mol. The molecule has 21 nitrogen and oxygen atoms in total. The van der Waals surface area contributed by atoms with Crippen LogP contribution in [0.4, 0.5) is 14.9 Å². The SMILES string of the molecule is CCC(CC)C(=O)OCCCCCC(=O)C[C@H](C(=O)N[C@@H](CCCNC(N)=O)C(=O)Cc1ccc(C(=O)N(C)[C@@H](C)C(=O)O[C@H]2CC(=O)N(C)c3cc(cc(OC)c3Cl)C/C(C)=C/C=C/[C@@H](OC)[C@]3(O)CC(=O)O[C@@H](C3)[C@@H](C)[C@@H]3O[C@@]23C)c(F)c1)C(C)C. The highest BCUT2D eigenvalue weighted by Crippen LogP contribution is 2.50. The molecule has 2 aromatic carbocycles. The van der Waals surface area contributed by atoms with Gasteiger partial charge >= 0.3 is 23.9 Å². The van der Waals surface area contributed by atoms with Crippen molar-refractivity contribution in [3.8, 4) is 5.75 Å². The maximum atomic E-state index is 16.2. The topological polar surface area (TPSA) is 289 Å². The Morgan fingerprint density at radius 2 is 1.70 bits per heavy atom. The number of esters is 3. The summed E-state index contributed by atoms with van der Waals surface area (Å²) < 4.78 is 51.3. The van der Waals surface area contributed by atoms with Gasteiger partial charge in [-0.3, -0.25) is 33.6 Å². The summed E-state index contributed by atoms with van der Waals surface area (Å²) in [5.41, 5.74) is 3.80. The number of carbonyl (C=O) groups excluding carboxylic acids is 9. The number of amides is 5. The number of allylic oxidation sites excluding steroid dienone is 3. The number of hydrogen-bond acceptors (Lipinski definition) is 16. The maximum absolute atomic E-state index is 16.2. The van der Waals surface area contributed by atoms with Crippen LogP contribution < -0.4 is 26.0 Å². The van der Waals surface area contributed by atoms with Crippen LogP contribution in [0.15, 0.2) is 54.1 Å². The lowest BCUT2D eigenvalue weighted by atomic mass is 9.78. The zero-order chi connectivity index (χ0) is 65.4. The summed E-state index contributed by atoms with van der Waals surface area (Å²) in [7, 11) is 5.65. The third kappa shape index (κ3) is 19.1. The molecule has 0 saturated carbocycles. The number of rotatable bonds is 27. The molecule has 88 heavy (non-hydrogen) atoms. The van der Waals surface area contributed by atoms with Gasteiger partial charge in [-0.25, -0.2) is 14.0 Å². The van der Waals surface area contributed by atoms with E-state index >= 15 is 4.39 Å². The Hall–Kier alpha value is -6.75. The van der Waals surface area contributed by atoms with Crippen molar-refractivity contribution in [3.05, 3.63) is 81.7 Å². The molecule has 10 atom stereocenters. The van der Waals surface area contributed by atoms with Crippen LogP contribution >= 0.6 is 11.6 Å². The molecule has 0 unspecified atom stereocenters. The minimum Gasteiger partial charge on any atom is -0.495 e. The minimum atomic E-state index is -1.68. The van der Waals surface area contributed by atoms with Crippen molar-refractivity contribution in [2.24, 2.45) is 29.4 Å². The number of carbonyl (C=O) groups is 9. The molecule has 2 saturated heterocycles. The summed E-state index contributed by atoms with van der Waals surface area (Å²) in [4.78, 5) is 123. The number of ketones is 2. The Morgan fingerprint density at radius 1 is 1.00 bits per heavy atom. The molecule has 3 heterocycles. The van der Waals surface area contributed by atoms with Crippen molar-refractivity contribution in [2.45, 2.75) is 193 Å². The fourth-order valence-corrected chi connectivity index (χ4v) is 11.7. The van der Waals surface area contributed by atoms with Crippen molar-refractivity contribution in [3.63, 3.8) is 0 Å². The number of methoxy groups -OCH3 is 2. The average Bonchev–Trinajstić information content (AvgIpc) is 1.87. The Kier molecular flexibility index (Phi) is 26.7. The molecular formula is C65H91ClFN5O16. The van der Waals surface area contributed by atoms with Crippen LogP contribution in [0.25, 0.3) is 0 Å². The molecule has 0 aromatic heterocycles. The van der Waals surface area contributed by atoms with E-state index in [0.29, 0.717) is 50.0 Å². The van der Waals surface area contributed by atoms with E-state index in [1.807, 2.05) is 26.8 Å². The van der Waals surface area contributed by atoms with E-state index in [9.17, 15) is 48.3 Å². The van der Waals surface area contributed by atoms with E-state index in [1.165, 1.54) is 52.3 Å². The first-order valence-corrected chi connectivity index (χ1v) is 30.8. The van der Waals surface area contributed by atoms with Gasteiger partial charge in [-0.15, -0.1) is 0 Å². The van der Waals surface area contributed by atoms with Crippen molar-refractivity contribution in [2.75, 3.05) is 46.4 Å². The predicted octanol–water partition coefficient (Wildman–Crippen LogP) is 8.03. The number of unbranched alkanes of at least 4 members (excludes halogenated alkanes) is 2. The Morgan fingerprint density at radius 3 is 2.34 bits per heavy atom. The third-order valence-corrected chi connectivity index (χ3v) is 17.7. The average molecular weight is 1250 g/mol. The summed E-state index contributed by atoms with van der Waals surface area (Å²) in [6.07, 6.45) is 4.01. The number of nitrogens with zero attached hydrogens (tertiary/aromatic N) is 2. The second-order valence-electron chi connectivity index (χ2n) is 24.2. The number of ether oxygens (including phenoxy) is 6. The summed E-state index contributed by atoms with van der Waals surface area (Å²) in [5, 5.41) is 17.4. The number of benzene rings is 2. The van der Waals surface area contributed by atoms with Crippen LogP contribution in [0.1, 0.15) is 154 Å². The highest BCUT2D eigenvalue weighted by Gasteiger charge is 2.64. The molecule has 5 amide bonds. The molecule has 0 spiro atoms. The van der Waals surface area contributed by atoms with Crippen LogP contribution in [0.2, 0.25) is 5.02 Å². The Bertz CT molecular complexity index is 2920. The molecule has 4 bridgehead atoms. The lowest BCUT2D eigenvalue weighted by Gasteiger charge is -2.41. The number of Topliss-reactive ketones (excluding diaryl/α,β-unsaturated/α-hetero) is 2. The maximum Gasteiger partial charge on any atom is 0.328 e. The van der Waals surface area contributed by atoms with Crippen molar-refractivity contribution in [1.29, 1.82) is 0 Å². The van der Waals surface area contributed by atoms with Crippen LogP contribution in [0, 0.1) is 29.5 Å². The highest BCUT2D eigenvalue weighted by atomic mass is 35.5. The quantitative estimate of drug-likeness (QED) is 0.0285. The number of halogens is 2. The molecule has 3 aliphatic rings. The Labute approximate surface area is 521 Å². The molecular weight excluding hydrogens is 1160 g/mol. The molecule has 23 heteroatoms. The summed E-state index contributed by atoms with van der Waals surface area (Å²) in [6.45, 7) is 14.4. The van der Waals surface area contributed by atoms with Crippen LogP contribution in [0.5, 0.6) is 5.75 Å². The highest BCUT2D eigenvalue weighted by molar-refractivity contribution is 6.35. The van der Waals surface area contributed by atoms with Crippen LogP contribution in [-0.4, -0.2) is 152 Å². The zero-order valence-electron chi connectivity index (χ0n) is 53.0. The number of fused-ring (bicyclic) bond motifs is 5. The van der Waals surface area contributed by atoms with E-state index in [4.69, 9.17) is 45.8 Å². The van der Waals surface area contributed by atoms with E-state index in [2.05, 4.69) is 10.6 Å². The fraction of sp³-hybridized carbons (Fsp3) is 0.615. The number of urea groups is 1. The number of epoxide rings is 1. The molecule has 2 aromatic rings. The van der Waals surface area contributed by atoms with Crippen LogP contribution in [-0.2, 0) is 70.1 Å². The molecule has 5 N–H and O–H groups in total. The van der Waals surface area contributed by atoms with E-state index in [-0.39, 0.29) is 92.3 Å². The van der Waals surface area contributed by atoms with Crippen molar-refractivity contribution in [1.82, 2.24) is 15.5 Å². The molecule has 2 fully saturated rings. The normalized spacial score (nSPS) is 24.1. The lowest BCUT2D eigenvalue weighted by Crippen LogP contribution is -2.53. The van der Waals surface area contributed by atoms with Gasteiger partial charge < -0.3 is 59.7 Å². The molecule has 486 valence electrons. The fourth-order valence-electron chi connectivity index (χ4n) is 11.4. The smallest absolute Gasteiger partial charge is 0.328 e. The first-order chi connectivity index (χ1) is 41.5. The largest absolute Gasteiger partial charge is 0.495 e. The Balaban J connectivity index is 1.32. The van der Waals surface area contributed by atoms with Gasteiger partial charge in [0.15, 0.2) is 5.78 Å². The number of likely N-dealkylation sites (N-methyl/N-ethyl adjacent to an activating group) is 1. The van der Waals surface area contributed by atoms with Gasteiger partial charge in [0, 0.05) is 65.3 Å². The van der Waals surface area contributed by atoms with Crippen molar-refractivity contribution >= 4 is 70.5 Å². The summed E-state index contributed by atoms with van der Waals surface area (Å²) >= 11 is 6.85. The number of hydrogen-bond donors (Lipinski definition) is 4. The lowest BCUT2D eigenvalue weighted by molar-refractivity contribution is -0.187. The van der Waals surface area contributed by atoms with E-state index in [1.54, 1.807) is 52.0 Å². The van der Waals surface area contributed by atoms with Gasteiger partial charge in [0.05, 0.1) is 55.9 Å². The minimum absolute atomic E-state index is 0.0421. The zero-order valence-corrected chi connectivity index (χ0v) is 53.8. The van der Waals surface area contributed by atoms with Gasteiger partial charge in [0.2, 0.25) is 11.8 Å². The first kappa shape index (κ1) is 72.0. The molecule has 3 aliphatic heterocycles. The summed E-state index contributed by atoms with van der Waals surface area (Å²) in [6, 6.07) is 3.74. The molecule has 0 radical (unpaired) electrons. The van der Waals surface area contributed by atoms with Gasteiger partial charge in [-0.1, -0.05) is 76.1 Å². The molecule has 5 rings (SSSR count).